The molecule has 11 heteroatoms. The highest BCUT2D eigenvalue weighted by molar-refractivity contribution is 9.10. The van der Waals surface area contributed by atoms with E-state index >= 15 is 0 Å². The van der Waals surface area contributed by atoms with Gasteiger partial charge in [-0.1, -0.05) is 35.9 Å². The number of benzene rings is 2. The monoisotopic (exact) mass is 554 g/mol. The standard InChI is InChI=1S/C22H21BrClFN4O3S/c23-18-14-28(13-17-19(24)7-4-8-20(17)25)27-21(18)26-22(30)15-9-11-29(12-10-15)33(31,32)16-5-2-1-3-6-16/h1-8,14-15H,9-13H2,(H,26,27,30). The van der Waals surface area contributed by atoms with Crippen LogP contribution < -0.4 is 5.32 Å². The van der Waals surface area contributed by atoms with Gasteiger partial charge >= 0.3 is 0 Å². The van der Waals surface area contributed by atoms with Crippen LogP contribution in [-0.4, -0.2) is 41.5 Å². The Morgan fingerprint density at radius 1 is 1.15 bits per heavy atom. The molecule has 2 aromatic carbocycles. The normalized spacial score (nSPS) is 15.5. The number of hydrogen-bond donors (Lipinski definition) is 1. The van der Waals surface area contributed by atoms with Crippen molar-refractivity contribution >= 4 is 49.3 Å². The van der Waals surface area contributed by atoms with Gasteiger partial charge in [0.1, 0.15) is 5.82 Å². The fourth-order valence-electron chi connectivity index (χ4n) is 3.73. The van der Waals surface area contributed by atoms with E-state index in [1.165, 1.54) is 21.1 Å². The lowest BCUT2D eigenvalue weighted by Crippen LogP contribution is -2.41. The van der Waals surface area contributed by atoms with Gasteiger partial charge in [0.2, 0.25) is 15.9 Å². The number of aromatic nitrogens is 2. The van der Waals surface area contributed by atoms with Crippen molar-refractivity contribution < 1.29 is 17.6 Å². The van der Waals surface area contributed by atoms with E-state index < -0.39 is 15.8 Å². The third-order valence-electron chi connectivity index (χ3n) is 5.55. The molecule has 0 unspecified atom stereocenters. The van der Waals surface area contributed by atoms with Gasteiger partial charge in [-0.2, -0.15) is 9.40 Å². The van der Waals surface area contributed by atoms with Crippen LogP contribution in [0.2, 0.25) is 5.02 Å². The highest BCUT2D eigenvalue weighted by Crippen LogP contribution is 2.27. The van der Waals surface area contributed by atoms with E-state index in [9.17, 15) is 17.6 Å². The quantitative estimate of drug-likeness (QED) is 0.485. The minimum Gasteiger partial charge on any atom is -0.308 e. The van der Waals surface area contributed by atoms with E-state index in [-0.39, 0.29) is 36.4 Å². The summed E-state index contributed by atoms with van der Waals surface area (Å²) in [4.78, 5) is 13.0. The molecule has 1 aromatic heterocycles. The molecule has 7 nitrogen and oxygen atoms in total. The van der Waals surface area contributed by atoms with Crippen molar-refractivity contribution in [3.05, 3.63) is 75.6 Å². The van der Waals surface area contributed by atoms with Crippen molar-refractivity contribution in [2.24, 2.45) is 5.92 Å². The number of piperidine rings is 1. The van der Waals surface area contributed by atoms with Gasteiger partial charge in [0, 0.05) is 35.8 Å². The molecular weight excluding hydrogens is 535 g/mol. The Labute approximate surface area is 204 Å². The lowest BCUT2D eigenvalue weighted by atomic mass is 9.97. The molecular formula is C22H21BrClFN4O3S. The van der Waals surface area contributed by atoms with E-state index in [2.05, 4.69) is 26.3 Å². The highest BCUT2D eigenvalue weighted by Gasteiger charge is 2.32. The molecule has 0 bridgehead atoms. The number of carbonyl (C=O) groups is 1. The Kier molecular flexibility index (Phi) is 7.18. The van der Waals surface area contributed by atoms with Crippen LogP contribution in [0, 0.1) is 11.7 Å². The van der Waals surface area contributed by atoms with Crippen LogP contribution in [0.15, 0.2) is 64.1 Å². The number of nitrogens with zero attached hydrogens (tertiary/aromatic N) is 3. The van der Waals surface area contributed by atoms with Crippen molar-refractivity contribution in [2.75, 3.05) is 18.4 Å². The number of carbonyl (C=O) groups excluding carboxylic acids is 1. The summed E-state index contributed by atoms with van der Waals surface area (Å²) < 4.78 is 43.1. The second kappa shape index (κ2) is 9.92. The Balaban J connectivity index is 1.38. The predicted octanol–water partition coefficient (Wildman–Crippen LogP) is 4.53. The first-order valence-electron chi connectivity index (χ1n) is 10.3. The maximum atomic E-state index is 14.1. The minimum absolute atomic E-state index is 0.107. The molecule has 3 aromatic rings. The number of nitrogens with one attached hydrogen (secondary N) is 1. The van der Waals surface area contributed by atoms with Crippen molar-refractivity contribution in [3.8, 4) is 0 Å². The van der Waals surface area contributed by atoms with E-state index in [1.807, 2.05) is 0 Å². The number of rotatable bonds is 6. The number of sulfonamides is 1. The Bertz CT molecular complexity index is 1240. The summed E-state index contributed by atoms with van der Waals surface area (Å²) in [6.45, 7) is 0.628. The topological polar surface area (TPSA) is 84.3 Å². The lowest BCUT2D eigenvalue weighted by molar-refractivity contribution is -0.120. The molecule has 1 aliphatic heterocycles. The predicted molar refractivity (Wildman–Crippen MR) is 127 cm³/mol. The van der Waals surface area contributed by atoms with Gasteiger partial charge in [0.05, 0.1) is 15.9 Å². The van der Waals surface area contributed by atoms with E-state index in [0.29, 0.717) is 33.7 Å². The van der Waals surface area contributed by atoms with Crippen LogP contribution >= 0.6 is 27.5 Å². The maximum Gasteiger partial charge on any atom is 0.243 e. The van der Waals surface area contributed by atoms with Crippen molar-refractivity contribution in [2.45, 2.75) is 24.3 Å². The van der Waals surface area contributed by atoms with Crippen molar-refractivity contribution in [1.29, 1.82) is 0 Å². The van der Waals surface area contributed by atoms with Gasteiger partial charge in [-0.3, -0.25) is 9.48 Å². The molecule has 0 atom stereocenters. The summed E-state index contributed by atoms with van der Waals surface area (Å²) in [6.07, 6.45) is 2.44. The molecule has 0 saturated carbocycles. The second-order valence-electron chi connectivity index (χ2n) is 7.70. The molecule has 2 heterocycles. The van der Waals surface area contributed by atoms with Crippen molar-refractivity contribution in [3.63, 3.8) is 0 Å². The maximum absolute atomic E-state index is 14.1. The average Bonchev–Trinajstić information content (AvgIpc) is 3.15. The second-order valence-corrected chi connectivity index (χ2v) is 10.9. The number of halogens is 3. The molecule has 1 aliphatic rings. The van der Waals surface area contributed by atoms with E-state index in [0.717, 1.165) is 0 Å². The molecule has 1 N–H and O–H groups in total. The van der Waals surface area contributed by atoms with Crippen LogP contribution in [0.5, 0.6) is 0 Å². The molecule has 0 radical (unpaired) electrons. The molecule has 4 rings (SSSR count). The third-order valence-corrected chi connectivity index (χ3v) is 8.39. The van der Waals surface area contributed by atoms with Gasteiger partial charge in [-0.05, 0) is 53.0 Å². The zero-order chi connectivity index (χ0) is 23.6. The number of amides is 1. The third kappa shape index (κ3) is 5.29. The van der Waals surface area contributed by atoms with Gasteiger partial charge < -0.3 is 5.32 Å². The van der Waals surface area contributed by atoms with Gasteiger partial charge in [-0.15, -0.1) is 0 Å². The van der Waals surface area contributed by atoms with E-state index in [4.69, 9.17) is 11.6 Å². The van der Waals surface area contributed by atoms with Crippen molar-refractivity contribution in [1.82, 2.24) is 14.1 Å². The van der Waals surface area contributed by atoms with Crippen LogP contribution in [0.25, 0.3) is 0 Å². The molecule has 33 heavy (non-hydrogen) atoms. The summed E-state index contributed by atoms with van der Waals surface area (Å²) in [7, 11) is -3.57. The zero-order valence-electron chi connectivity index (χ0n) is 17.4. The van der Waals surface area contributed by atoms with Crippen LogP contribution in [0.3, 0.4) is 0 Å². The lowest BCUT2D eigenvalue weighted by Gasteiger charge is -2.30. The SMILES string of the molecule is O=C(Nc1nn(Cc2c(F)cccc2Cl)cc1Br)C1CCN(S(=O)(=O)c2ccccc2)CC1. The molecule has 1 amide bonds. The molecule has 0 aliphatic carbocycles. The molecule has 1 saturated heterocycles. The largest absolute Gasteiger partial charge is 0.308 e. The number of hydrogen-bond acceptors (Lipinski definition) is 4. The van der Waals surface area contributed by atoms with Gasteiger partial charge in [-0.25, -0.2) is 12.8 Å². The summed E-state index contributed by atoms with van der Waals surface area (Å²) in [6, 6.07) is 12.7. The number of anilines is 1. The van der Waals surface area contributed by atoms with Crippen LogP contribution in [0.1, 0.15) is 18.4 Å². The first-order valence-corrected chi connectivity index (χ1v) is 12.9. The smallest absolute Gasteiger partial charge is 0.243 e. The summed E-state index contributed by atoms with van der Waals surface area (Å²) >= 11 is 9.45. The van der Waals surface area contributed by atoms with Crippen LogP contribution in [-0.2, 0) is 21.4 Å². The Morgan fingerprint density at radius 3 is 2.52 bits per heavy atom. The first kappa shape index (κ1) is 23.9. The highest BCUT2D eigenvalue weighted by atomic mass is 79.9. The summed E-state index contributed by atoms with van der Waals surface area (Å²) in [5.41, 5.74) is 0.305. The minimum atomic E-state index is -3.57. The molecule has 0 spiro atoms. The Hall–Kier alpha value is -2.27. The van der Waals surface area contributed by atoms with Gasteiger partial charge in [0.15, 0.2) is 5.82 Å². The molecule has 174 valence electrons. The first-order chi connectivity index (χ1) is 15.8. The average molecular weight is 556 g/mol. The van der Waals surface area contributed by atoms with Crippen LogP contribution in [0.4, 0.5) is 10.2 Å². The summed E-state index contributed by atoms with van der Waals surface area (Å²) in [5.74, 6) is -0.698. The van der Waals surface area contributed by atoms with E-state index in [1.54, 1.807) is 42.6 Å². The zero-order valence-corrected chi connectivity index (χ0v) is 20.6. The molecule has 1 fully saturated rings. The fourth-order valence-corrected chi connectivity index (χ4v) is 5.86. The fraction of sp³-hybridized carbons (Fsp3) is 0.273. The Morgan fingerprint density at radius 2 is 1.85 bits per heavy atom. The van der Waals surface area contributed by atoms with Gasteiger partial charge in [0.25, 0.3) is 0 Å². The summed E-state index contributed by atoms with van der Waals surface area (Å²) in [5, 5.41) is 7.41.